The van der Waals surface area contributed by atoms with Gasteiger partial charge in [-0.1, -0.05) is 86.6 Å². The zero-order chi connectivity index (χ0) is 33.8. The van der Waals surface area contributed by atoms with Crippen LogP contribution in [0.3, 0.4) is 0 Å². The third-order valence-electron chi connectivity index (χ3n) is 7.76. The lowest BCUT2D eigenvalue weighted by Gasteiger charge is -2.27. The van der Waals surface area contributed by atoms with E-state index in [-0.39, 0.29) is 36.8 Å². The first kappa shape index (κ1) is 34.7. The molecule has 5 amide bonds. The summed E-state index contributed by atoms with van der Waals surface area (Å²) in [7, 11) is 0. The summed E-state index contributed by atoms with van der Waals surface area (Å²) in [6.45, 7) is 5.70. The standard InChI is InChI=1S/C36H43N5O6/c1-23(2)32-36(46)38-24(3)22-47-30-17-11-10-16-27(30)33(43)40-29(34(44)37-19-18-25-12-6-4-7-13-25)21-31(42)39-28(35(45)41-32)20-26-14-8-5-9-15-26/h4-17,23-24,28-29,32H,18-22H2,1-3H3,(H,37,44)(H,38,46)(H,39,42)(H,40,43)(H,41,45)/t24-,28-,29-,32+/m0/s1. The van der Waals surface area contributed by atoms with Crippen LogP contribution >= 0.6 is 0 Å². The van der Waals surface area contributed by atoms with Crippen molar-refractivity contribution in [3.05, 3.63) is 102 Å². The van der Waals surface area contributed by atoms with Crippen molar-refractivity contribution in [2.75, 3.05) is 13.2 Å². The zero-order valence-electron chi connectivity index (χ0n) is 27.0. The van der Waals surface area contributed by atoms with Crippen molar-refractivity contribution in [3.63, 3.8) is 0 Å². The lowest BCUT2D eigenvalue weighted by atomic mass is 10.0. The fraction of sp³-hybridized carbons (Fsp3) is 0.361. The minimum atomic E-state index is -1.26. The van der Waals surface area contributed by atoms with Crippen LogP contribution in [0.1, 0.15) is 48.7 Å². The molecule has 47 heavy (non-hydrogen) atoms. The molecular formula is C36H43N5O6. The number of hydrogen-bond donors (Lipinski definition) is 5. The molecule has 0 radical (unpaired) electrons. The Hall–Kier alpha value is -5.19. The van der Waals surface area contributed by atoms with Crippen LogP contribution < -0.4 is 31.3 Å². The molecule has 4 atom stereocenters. The second-order valence-electron chi connectivity index (χ2n) is 12.0. The summed E-state index contributed by atoms with van der Waals surface area (Å²) in [4.78, 5) is 67.5. The number of amides is 5. The van der Waals surface area contributed by atoms with Crippen molar-refractivity contribution in [3.8, 4) is 5.75 Å². The smallest absolute Gasteiger partial charge is 0.255 e. The van der Waals surface area contributed by atoms with Crippen LogP contribution in [-0.4, -0.2) is 66.9 Å². The highest BCUT2D eigenvalue weighted by molar-refractivity contribution is 6.01. The Morgan fingerprint density at radius 3 is 2.13 bits per heavy atom. The molecule has 0 aromatic heterocycles. The summed E-state index contributed by atoms with van der Waals surface area (Å²) in [5, 5.41) is 14.0. The van der Waals surface area contributed by atoms with Crippen LogP contribution in [0.4, 0.5) is 0 Å². The molecule has 1 aliphatic heterocycles. The van der Waals surface area contributed by atoms with Crippen molar-refractivity contribution in [1.29, 1.82) is 0 Å². The monoisotopic (exact) mass is 641 g/mol. The Morgan fingerprint density at radius 1 is 0.809 bits per heavy atom. The molecule has 11 nitrogen and oxygen atoms in total. The average molecular weight is 642 g/mol. The average Bonchev–Trinajstić information content (AvgIpc) is 3.06. The normalized spacial score (nSPS) is 21.2. The predicted octanol–water partition coefficient (Wildman–Crippen LogP) is 2.30. The number of benzene rings is 3. The van der Waals surface area contributed by atoms with Crippen LogP contribution in [0.5, 0.6) is 5.75 Å². The van der Waals surface area contributed by atoms with Gasteiger partial charge in [-0.15, -0.1) is 0 Å². The molecule has 0 bridgehead atoms. The lowest BCUT2D eigenvalue weighted by Crippen LogP contribution is -2.57. The van der Waals surface area contributed by atoms with E-state index >= 15 is 0 Å². The van der Waals surface area contributed by atoms with Gasteiger partial charge in [-0.3, -0.25) is 24.0 Å². The van der Waals surface area contributed by atoms with Crippen molar-refractivity contribution in [1.82, 2.24) is 26.6 Å². The molecule has 0 aliphatic carbocycles. The summed E-state index contributed by atoms with van der Waals surface area (Å²) < 4.78 is 5.93. The van der Waals surface area contributed by atoms with Crippen LogP contribution in [0.2, 0.25) is 0 Å². The minimum absolute atomic E-state index is 0.0366. The van der Waals surface area contributed by atoms with Crippen LogP contribution in [0.15, 0.2) is 84.9 Å². The van der Waals surface area contributed by atoms with E-state index in [2.05, 4.69) is 26.6 Å². The molecule has 4 rings (SSSR count). The maximum absolute atomic E-state index is 13.7. The van der Waals surface area contributed by atoms with Gasteiger partial charge in [-0.25, -0.2) is 0 Å². The molecule has 11 heteroatoms. The largest absolute Gasteiger partial charge is 0.491 e. The molecule has 3 aromatic carbocycles. The summed E-state index contributed by atoms with van der Waals surface area (Å²) in [5.74, 6) is -2.77. The van der Waals surface area contributed by atoms with Gasteiger partial charge in [-0.05, 0) is 42.5 Å². The highest BCUT2D eigenvalue weighted by Crippen LogP contribution is 2.19. The van der Waals surface area contributed by atoms with E-state index in [1.807, 2.05) is 74.5 Å². The molecule has 0 fully saturated rings. The Morgan fingerprint density at radius 2 is 1.45 bits per heavy atom. The summed E-state index contributed by atoms with van der Waals surface area (Å²) in [5.41, 5.74) is 1.97. The fourth-order valence-corrected chi connectivity index (χ4v) is 5.20. The molecule has 0 saturated heterocycles. The van der Waals surface area contributed by atoms with Gasteiger partial charge in [0.15, 0.2) is 0 Å². The second-order valence-corrected chi connectivity index (χ2v) is 12.0. The fourth-order valence-electron chi connectivity index (χ4n) is 5.20. The first-order valence-corrected chi connectivity index (χ1v) is 15.9. The van der Waals surface area contributed by atoms with E-state index in [1.165, 1.54) is 0 Å². The topological polar surface area (TPSA) is 155 Å². The van der Waals surface area contributed by atoms with E-state index in [1.54, 1.807) is 31.2 Å². The van der Waals surface area contributed by atoms with Gasteiger partial charge in [0.2, 0.25) is 23.6 Å². The van der Waals surface area contributed by atoms with Crippen LogP contribution in [-0.2, 0) is 32.0 Å². The predicted molar refractivity (Wildman–Crippen MR) is 177 cm³/mol. The summed E-state index contributed by atoms with van der Waals surface area (Å²) in [6, 6.07) is 21.6. The summed E-state index contributed by atoms with van der Waals surface area (Å²) in [6.07, 6.45) is 0.260. The van der Waals surface area contributed by atoms with E-state index in [9.17, 15) is 24.0 Å². The Labute approximate surface area is 275 Å². The third kappa shape index (κ3) is 10.4. The molecule has 0 spiro atoms. The molecule has 1 heterocycles. The molecule has 1 aliphatic rings. The van der Waals surface area contributed by atoms with Crippen LogP contribution in [0, 0.1) is 5.92 Å². The number of carbonyl (C=O) groups excluding carboxylic acids is 5. The molecular weight excluding hydrogens is 598 g/mol. The first-order chi connectivity index (χ1) is 22.6. The number of rotatable bonds is 7. The second kappa shape index (κ2) is 16.9. The number of ether oxygens (including phenoxy) is 1. The highest BCUT2D eigenvalue weighted by atomic mass is 16.5. The SMILES string of the molecule is CC(C)[C@H]1NC(=O)[C@H](Cc2ccccc2)NC(=O)C[C@@H](C(=O)NCCc2ccccc2)NC(=O)c2ccccc2OC[C@H](C)NC1=O. The van der Waals surface area contributed by atoms with Gasteiger partial charge < -0.3 is 31.3 Å². The number of para-hydroxylation sites is 1. The van der Waals surface area contributed by atoms with Gasteiger partial charge >= 0.3 is 0 Å². The highest BCUT2D eigenvalue weighted by Gasteiger charge is 2.32. The number of nitrogens with one attached hydrogen (secondary N) is 5. The van der Waals surface area contributed by atoms with E-state index in [4.69, 9.17) is 4.74 Å². The maximum Gasteiger partial charge on any atom is 0.255 e. The van der Waals surface area contributed by atoms with Gasteiger partial charge in [0, 0.05) is 13.0 Å². The van der Waals surface area contributed by atoms with Crippen molar-refractivity contribution < 1.29 is 28.7 Å². The number of hydrogen-bond acceptors (Lipinski definition) is 6. The first-order valence-electron chi connectivity index (χ1n) is 15.9. The lowest BCUT2D eigenvalue weighted by molar-refractivity contribution is -0.133. The van der Waals surface area contributed by atoms with Gasteiger partial charge in [0.05, 0.1) is 18.0 Å². The summed E-state index contributed by atoms with van der Waals surface area (Å²) >= 11 is 0. The van der Waals surface area contributed by atoms with Crippen molar-refractivity contribution in [2.45, 2.75) is 64.2 Å². The van der Waals surface area contributed by atoms with E-state index < -0.39 is 60.1 Å². The molecule has 0 unspecified atom stereocenters. The quantitative estimate of drug-likeness (QED) is 0.267. The maximum atomic E-state index is 13.7. The third-order valence-corrected chi connectivity index (χ3v) is 7.76. The van der Waals surface area contributed by atoms with Gasteiger partial charge in [0.1, 0.15) is 30.5 Å². The minimum Gasteiger partial charge on any atom is -0.491 e. The van der Waals surface area contributed by atoms with E-state index in [0.29, 0.717) is 6.42 Å². The molecule has 248 valence electrons. The zero-order valence-corrected chi connectivity index (χ0v) is 27.0. The van der Waals surface area contributed by atoms with E-state index in [0.717, 1.165) is 11.1 Å². The Kier molecular flexibility index (Phi) is 12.5. The Bertz CT molecular complexity index is 1530. The molecule has 3 aromatic rings. The van der Waals surface area contributed by atoms with Gasteiger partial charge in [-0.2, -0.15) is 0 Å². The van der Waals surface area contributed by atoms with Crippen molar-refractivity contribution in [2.24, 2.45) is 5.92 Å². The van der Waals surface area contributed by atoms with Gasteiger partial charge in [0.25, 0.3) is 5.91 Å². The van der Waals surface area contributed by atoms with Crippen molar-refractivity contribution >= 4 is 29.5 Å². The van der Waals surface area contributed by atoms with Crippen LogP contribution in [0.25, 0.3) is 0 Å². The molecule has 0 saturated carbocycles. The molecule has 5 N–H and O–H groups in total. The number of fused-ring (bicyclic) bond motifs is 1. The Balaban J connectivity index is 1.63. The number of carbonyl (C=O) groups is 5.